The maximum Gasteiger partial charge on any atom is 0.238 e. The molecule has 0 spiro atoms. The molecule has 0 atom stereocenters. The minimum Gasteiger partial charge on any atom is -0.364 e. The van der Waals surface area contributed by atoms with Gasteiger partial charge in [-0.15, -0.1) is 0 Å². The lowest BCUT2D eigenvalue weighted by molar-refractivity contribution is -0.121. The van der Waals surface area contributed by atoms with E-state index in [0.29, 0.717) is 11.5 Å². The number of hydrazine groups is 1. The van der Waals surface area contributed by atoms with Crippen LogP contribution in [0.25, 0.3) is 0 Å². The Morgan fingerprint density at radius 3 is 2.56 bits per heavy atom. The number of aryl methyl sites for hydroxylation is 1. The summed E-state index contributed by atoms with van der Waals surface area (Å²) in [5.41, 5.74) is 6.25. The molecule has 1 rings (SSSR count). The van der Waals surface area contributed by atoms with Crippen LogP contribution in [0.2, 0.25) is 0 Å². The lowest BCUT2D eigenvalue weighted by Crippen LogP contribution is -2.45. The Labute approximate surface area is 100 Å². The molecule has 3 N–H and O–H groups in total. The summed E-state index contributed by atoms with van der Waals surface area (Å²) in [6.45, 7) is 0. The highest BCUT2D eigenvalue weighted by atomic mass is 32.1. The van der Waals surface area contributed by atoms with Crippen molar-refractivity contribution >= 4 is 23.2 Å². The number of thiocarbonyl (C=S) groups is 1. The van der Waals surface area contributed by atoms with Crippen LogP contribution >= 0.6 is 12.2 Å². The van der Waals surface area contributed by atoms with E-state index >= 15 is 0 Å². The van der Waals surface area contributed by atoms with Gasteiger partial charge in [0.2, 0.25) is 5.91 Å². The largest absolute Gasteiger partial charge is 0.364 e. The monoisotopic (exact) mass is 237 g/mol. The van der Waals surface area contributed by atoms with Gasteiger partial charge in [0.25, 0.3) is 0 Å². The van der Waals surface area contributed by atoms with Gasteiger partial charge >= 0.3 is 0 Å². The van der Waals surface area contributed by atoms with E-state index in [1.54, 1.807) is 7.05 Å². The smallest absolute Gasteiger partial charge is 0.238 e. The SMILES string of the molecule is CNC(=S)NNC(=O)CCc1ccccc1. The van der Waals surface area contributed by atoms with E-state index in [-0.39, 0.29) is 5.91 Å². The fourth-order valence-corrected chi connectivity index (χ4v) is 1.21. The summed E-state index contributed by atoms with van der Waals surface area (Å²) in [6.07, 6.45) is 1.16. The molecule has 86 valence electrons. The molecule has 1 aromatic carbocycles. The summed E-state index contributed by atoms with van der Waals surface area (Å²) in [5, 5.41) is 3.10. The molecule has 1 aromatic rings. The Morgan fingerprint density at radius 2 is 1.94 bits per heavy atom. The van der Waals surface area contributed by atoms with Gasteiger partial charge in [-0.2, -0.15) is 0 Å². The Hall–Kier alpha value is -1.62. The van der Waals surface area contributed by atoms with Crippen LogP contribution < -0.4 is 16.2 Å². The topological polar surface area (TPSA) is 53.2 Å². The van der Waals surface area contributed by atoms with Gasteiger partial charge in [-0.05, 0) is 24.2 Å². The summed E-state index contributed by atoms with van der Waals surface area (Å²) >= 11 is 4.81. The minimum atomic E-state index is -0.0820. The Balaban J connectivity index is 2.23. The van der Waals surface area contributed by atoms with Crippen molar-refractivity contribution in [3.63, 3.8) is 0 Å². The predicted octanol–water partition coefficient (Wildman–Crippen LogP) is 0.744. The summed E-state index contributed by atoms with van der Waals surface area (Å²) in [7, 11) is 1.69. The normalized spacial score (nSPS) is 9.31. The van der Waals surface area contributed by atoms with Crippen molar-refractivity contribution in [3.05, 3.63) is 35.9 Å². The molecule has 0 saturated carbocycles. The van der Waals surface area contributed by atoms with Crippen molar-refractivity contribution < 1.29 is 4.79 Å². The second-order valence-corrected chi connectivity index (χ2v) is 3.65. The number of benzene rings is 1. The van der Waals surface area contributed by atoms with Gasteiger partial charge in [0, 0.05) is 13.5 Å². The molecule has 4 nitrogen and oxygen atoms in total. The molecule has 0 heterocycles. The Bertz CT molecular complexity index is 354. The highest BCUT2D eigenvalue weighted by molar-refractivity contribution is 7.80. The molecule has 0 aliphatic carbocycles. The Morgan fingerprint density at radius 1 is 1.25 bits per heavy atom. The standard InChI is InChI=1S/C11H15N3OS/c1-12-11(16)14-13-10(15)8-7-9-5-3-2-4-6-9/h2-6H,7-8H2,1H3,(H,13,15)(H2,12,14,16). The average molecular weight is 237 g/mol. The van der Waals surface area contributed by atoms with Gasteiger partial charge in [0.15, 0.2) is 5.11 Å². The summed E-state index contributed by atoms with van der Waals surface area (Å²) in [6, 6.07) is 9.87. The van der Waals surface area contributed by atoms with Gasteiger partial charge in [0.05, 0.1) is 0 Å². The quantitative estimate of drug-likeness (QED) is 0.536. The first-order valence-electron chi connectivity index (χ1n) is 5.03. The lowest BCUT2D eigenvalue weighted by Gasteiger charge is -2.08. The molecule has 0 fully saturated rings. The zero-order valence-corrected chi connectivity index (χ0v) is 9.93. The molecule has 1 amide bonds. The number of nitrogens with one attached hydrogen (secondary N) is 3. The zero-order valence-electron chi connectivity index (χ0n) is 9.12. The van der Waals surface area contributed by atoms with E-state index in [2.05, 4.69) is 16.2 Å². The third-order valence-electron chi connectivity index (χ3n) is 2.03. The van der Waals surface area contributed by atoms with E-state index < -0.39 is 0 Å². The van der Waals surface area contributed by atoms with Crippen LogP contribution in [-0.4, -0.2) is 18.1 Å². The molecule has 0 saturated heterocycles. The van der Waals surface area contributed by atoms with E-state index in [0.717, 1.165) is 12.0 Å². The molecular formula is C11H15N3OS. The fourth-order valence-electron chi connectivity index (χ4n) is 1.15. The van der Waals surface area contributed by atoms with Crippen molar-refractivity contribution in [2.24, 2.45) is 0 Å². The maximum atomic E-state index is 11.4. The van der Waals surface area contributed by atoms with E-state index in [1.165, 1.54) is 0 Å². The molecule has 0 unspecified atom stereocenters. The van der Waals surface area contributed by atoms with E-state index in [9.17, 15) is 4.79 Å². The molecule has 0 aliphatic rings. The van der Waals surface area contributed by atoms with Crippen molar-refractivity contribution in [2.75, 3.05) is 7.05 Å². The molecule has 0 bridgehead atoms. The second kappa shape index (κ2) is 6.79. The van der Waals surface area contributed by atoms with Gasteiger partial charge in [-0.1, -0.05) is 30.3 Å². The average Bonchev–Trinajstić information content (AvgIpc) is 2.34. The van der Waals surface area contributed by atoms with Crippen molar-refractivity contribution in [3.8, 4) is 0 Å². The first-order valence-corrected chi connectivity index (χ1v) is 5.43. The van der Waals surface area contributed by atoms with Gasteiger partial charge < -0.3 is 5.32 Å². The molecule has 5 heteroatoms. The number of carbonyl (C=O) groups excluding carboxylic acids is 1. The van der Waals surface area contributed by atoms with E-state index in [4.69, 9.17) is 12.2 Å². The molecule has 16 heavy (non-hydrogen) atoms. The molecule has 0 radical (unpaired) electrons. The summed E-state index contributed by atoms with van der Waals surface area (Å²) in [4.78, 5) is 11.4. The highest BCUT2D eigenvalue weighted by Gasteiger charge is 2.01. The van der Waals surface area contributed by atoms with Crippen LogP contribution in [0.5, 0.6) is 0 Å². The zero-order chi connectivity index (χ0) is 11.8. The number of hydrogen-bond donors (Lipinski definition) is 3. The summed E-state index contributed by atoms with van der Waals surface area (Å²) < 4.78 is 0. The van der Waals surface area contributed by atoms with Gasteiger partial charge in [0.1, 0.15) is 0 Å². The van der Waals surface area contributed by atoms with Crippen LogP contribution in [0.3, 0.4) is 0 Å². The van der Waals surface area contributed by atoms with Gasteiger partial charge in [-0.3, -0.25) is 15.6 Å². The van der Waals surface area contributed by atoms with Crippen LogP contribution in [0.1, 0.15) is 12.0 Å². The molecular weight excluding hydrogens is 222 g/mol. The Kier molecular flexibility index (Phi) is 5.28. The fraction of sp³-hybridized carbons (Fsp3) is 0.273. The number of amides is 1. The van der Waals surface area contributed by atoms with Crippen molar-refractivity contribution in [1.82, 2.24) is 16.2 Å². The highest BCUT2D eigenvalue weighted by Crippen LogP contribution is 2.01. The lowest BCUT2D eigenvalue weighted by atomic mass is 10.1. The molecule has 0 aromatic heterocycles. The first kappa shape index (κ1) is 12.4. The third kappa shape index (κ3) is 4.75. The molecule has 0 aliphatic heterocycles. The number of hydrogen-bond acceptors (Lipinski definition) is 2. The van der Waals surface area contributed by atoms with Crippen LogP contribution in [0, 0.1) is 0 Å². The van der Waals surface area contributed by atoms with Crippen LogP contribution in [0.4, 0.5) is 0 Å². The number of carbonyl (C=O) groups is 1. The summed E-state index contributed by atoms with van der Waals surface area (Å²) in [5.74, 6) is -0.0820. The predicted molar refractivity (Wildman–Crippen MR) is 67.7 cm³/mol. The van der Waals surface area contributed by atoms with Crippen LogP contribution in [0.15, 0.2) is 30.3 Å². The third-order valence-corrected chi connectivity index (χ3v) is 2.33. The first-order chi connectivity index (χ1) is 7.72. The minimum absolute atomic E-state index is 0.0820. The van der Waals surface area contributed by atoms with Crippen LogP contribution in [-0.2, 0) is 11.2 Å². The van der Waals surface area contributed by atoms with E-state index in [1.807, 2.05) is 30.3 Å². The van der Waals surface area contributed by atoms with Gasteiger partial charge in [-0.25, -0.2) is 0 Å². The van der Waals surface area contributed by atoms with Crippen molar-refractivity contribution in [1.29, 1.82) is 0 Å². The second-order valence-electron chi connectivity index (χ2n) is 3.24. The van der Waals surface area contributed by atoms with Crippen molar-refractivity contribution in [2.45, 2.75) is 12.8 Å². The maximum absolute atomic E-state index is 11.4. The number of rotatable bonds is 3.